The van der Waals surface area contributed by atoms with Gasteiger partial charge in [-0.1, -0.05) is 45.0 Å². The van der Waals surface area contributed by atoms with Crippen LogP contribution >= 0.6 is 0 Å². The first-order chi connectivity index (χ1) is 11.2. The number of hydrogen-bond donors (Lipinski definition) is 2. The fourth-order valence-electron chi connectivity index (χ4n) is 2.34. The average Bonchev–Trinajstić information content (AvgIpc) is 2.51. The van der Waals surface area contributed by atoms with E-state index in [2.05, 4.69) is 29.7 Å². The van der Waals surface area contributed by atoms with E-state index in [0.717, 1.165) is 12.0 Å². The van der Waals surface area contributed by atoms with Crippen LogP contribution in [-0.2, 0) is 16.0 Å². The standard InChI is InChI=1S/C19H30N2O3/c1-7-15-8-10-16(11-9-15)14(6)20-18(22)17(12(2)3)21-19(23)24-13(4)5/h8-14,17H,7H2,1-6H3,(H,20,22)(H,21,23). The molecule has 0 aliphatic carbocycles. The Balaban J connectivity index is 2.71. The van der Waals surface area contributed by atoms with Crippen LogP contribution in [0, 0.1) is 5.92 Å². The minimum absolute atomic E-state index is 0.0422. The highest BCUT2D eigenvalue weighted by atomic mass is 16.6. The first-order valence-corrected chi connectivity index (χ1v) is 8.60. The maximum absolute atomic E-state index is 12.5. The number of alkyl carbamates (subject to hydrolysis) is 1. The lowest BCUT2D eigenvalue weighted by Crippen LogP contribution is -2.50. The first-order valence-electron chi connectivity index (χ1n) is 8.60. The molecule has 0 aromatic heterocycles. The predicted octanol–water partition coefficient (Wildman–Crippen LogP) is 3.59. The Morgan fingerprint density at radius 1 is 1.00 bits per heavy atom. The molecular weight excluding hydrogens is 304 g/mol. The van der Waals surface area contributed by atoms with E-state index in [1.165, 1.54) is 5.56 Å². The highest BCUT2D eigenvalue weighted by Crippen LogP contribution is 2.15. The summed E-state index contributed by atoms with van der Waals surface area (Å²) in [6.07, 6.45) is 0.189. The number of hydrogen-bond acceptors (Lipinski definition) is 3. The van der Waals surface area contributed by atoms with E-state index >= 15 is 0 Å². The van der Waals surface area contributed by atoms with Gasteiger partial charge in [0.25, 0.3) is 0 Å². The molecular formula is C19H30N2O3. The second-order valence-electron chi connectivity index (χ2n) is 6.65. The molecule has 1 aromatic carbocycles. The molecule has 0 radical (unpaired) electrons. The highest BCUT2D eigenvalue weighted by Gasteiger charge is 2.26. The first kappa shape index (κ1) is 20.0. The van der Waals surface area contributed by atoms with E-state index in [9.17, 15) is 9.59 Å². The number of aryl methyl sites for hydroxylation is 1. The molecule has 0 saturated heterocycles. The van der Waals surface area contributed by atoms with Crippen molar-refractivity contribution in [1.82, 2.24) is 10.6 Å². The van der Waals surface area contributed by atoms with Crippen molar-refractivity contribution >= 4 is 12.0 Å². The SMILES string of the molecule is CCc1ccc(C(C)NC(=O)C(NC(=O)OC(C)C)C(C)C)cc1. The van der Waals surface area contributed by atoms with E-state index < -0.39 is 12.1 Å². The van der Waals surface area contributed by atoms with Crippen molar-refractivity contribution < 1.29 is 14.3 Å². The molecule has 0 aliphatic rings. The number of carbonyl (C=O) groups is 2. The van der Waals surface area contributed by atoms with Crippen molar-refractivity contribution in [3.05, 3.63) is 35.4 Å². The van der Waals surface area contributed by atoms with Crippen LogP contribution in [0.5, 0.6) is 0 Å². The number of carbonyl (C=O) groups excluding carboxylic acids is 2. The molecule has 2 unspecified atom stereocenters. The lowest BCUT2D eigenvalue weighted by molar-refractivity contribution is -0.124. The van der Waals surface area contributed by atoms with Gasteiger partial charge in [-0.25, -0.2) is 4.79 Å². The van der Waals surface area contributed by atoms with Crippen LogP contribution in [0.3, 0.4) is 0 Å². The smallest absolute Gasteiger partial charge is 0.408 e. The van der Waals surface area contributed by atoms with Crippen LogP contribution in [-0.4, -0.2) is 24.1 Å². The average molecular weight is 334 g/mol. The van der Waals surface area contributed by atoms with Gasteiger partial charge in [-0.05, 0) is 44.2 Å². The molecule has 0 spiro atoms. The molecule has 1 aromatic rings. The van der Waals surface area contributed by atoms with Crippen LogP contribution in [0.15, 0.2) is 24.3 Å². The largest absolute Gasteiger partial charge is 0.447 e. The van der Waals surface area contributed by atoms with Crippen molar-refractivity contribution in [3.8, 4) is 0 Å². The lowest BCUT2D eigenvalue weighted by Gasteiger charge is -2.24. The quantitative estimate of drug-likeness (QED) is 0.801. The molecule has 5 nitrogen and oxygen atoms in total. The molecule has 0 fully saturated rings. The normalized spacial score (nSPS) is 13.5. The molecule has 2 N–H and O–H groups in total. The van der Waals surface area contributed by atoms with Crippen LogP contribution in [0.2, 0.25) is 0 Å². The van der Waals surface area contributed by atoms with Crippen molar-refractivity contribution in [2.45, 2.75) is 66.2 Å². The summed E-state index contributed by atoms with van der Waals surface area (Å²) in [4.78, 5) is 24.3. The summed E-state index contributed by atoms with van der Waals surface area (Å²) in [6.45, 7) is 11.4. The molecule has 0 bridgehead atoms. The zero-order valence-electron chi connectivity index (χ0n) is 15.6. The second kappa shape index (κ2) is 9.30. The van der Waals surface area contributed by atoms with E-state index in [0.29, 0.717) is 0 Å². The Morgan fingerprint density at radius 2 is 1.58 bits per heavy atom. The number of benzene rings is 1. The number of rotatable bonds is 7. The summed E-state index contributed by atoms with van der Waals surface area (Å²) in [5, 5.41) is 5.61. The predicted molar refractivity (Wildman–Crippen MR) is 95.8 cm³/mol. The topological polar surface area (TPSA) is 67.4 Å². The molecule has 134 valence electrons. The van der Waals surface area contributed by atoms with Gasteiger partial charge in [-0.2, -0.15) is 0 Å². The molecule has 0 heterocycles. The van der Waals surface area contributed by atoms with Gasteiger partial charge in [0.15, 0.2) is 0 Å². The number of ether oxygens (including phenoxy) is 1. The van der Waals surface area contributed by atoms with Gasteiger partial charge in [-0.15, -0.1) is 0 Å². The highest BCUT2D eigenvalue weighted by molar-refractivity contribution is 5.86. The molecule has 2 amide bonds. The van der Waals surface area contributed by atoms with Crippen molar-refractivity contribution in [3.63, 3.8) is 0 Å². The molecule has 5 heteroatoms. The van der Waals surface area contributed by atoms with Gasteiger partial charge in [0.2, 0.25) is 5.91 Å². The molecule has 1 rings (SSSR count). The summed E-state index contributed by atoms with van der Waals surface area (Å²) in [5.41, 5.74) is 2.29. The van der Waals surface area contributed by atoms with Crippen LogP contribution in [0.1, 0.15) is 58.7 Å². The van der Waals surface area contributed by atoms with Gasteiger partial charge >= 0.3 is 6.09 Å². The second-order valence-corrected chi connectivity index (χ2v) is 6.65. The maximum Gasteiger partial charge on any atom is 0.408 e. The van der Waals surface area contributed by atoms with Gasteiger partial charge in [0, 0.05) is 0 Å². The van der Waals surface area contributed by atoms with E-state index in [1.54, 1.807) is 13.8 Å². The lowest BCUT2D eigenvalue weighted by atomic mass is 10.0. The third kappa shape index (κ3) is 6.22. The minimum atomic E-state index is -0.631. The maximum atomic E-state index is 12.5. The fraction of sp³-hybridized carbons (Fsp3) is 0.579. The van der Waals surface area contributed by atoms with E-state index in [1.807, 2.05) is 32.9 Å². The fourth-order valence-corrected chi connectivity index (χ4v) is 2.34. The van der Waals surface area contributed by atoms with Crippen LogP contribution in [0.25, 0.3) is 0 Å². The third-order valence-corrected chi connectivity index (χ3v) is 3.81. The van der Waals surface area contributed by atoms with E-state index in [4.69, 9.17) is 4.74 Å². The Kier molecular flexibility index (Phi) is 7.75. The Hall–Kier alpha value is -2.04. The van der Waals surface area contributed by atoms with Crippen molar-refractivity contribution in [2.75, 3.05) is 0 Å². The van der Waals surface area contributed by atoms with Gasteiger partial charge in [-0.3, -0.25) is 4.79 Å². The summed E-state index contributed by atoms with van der Waals surface area (Å²) in [5.74, 6) is -0.253. The summed E-state index contributed by atoms with van der Waals surface area (Å²) in [6, 6.07) is 7.41. The zero-order valence-corrected chi connectivity index (χ0v) is 15.6. The summed E-state index contributed by atoms with van der Waals surface area (Å²) < 4.78 is 5.07. The van der Waals surface area contributed by atoms with Crippen molar-refractivity contribution in [1.29, 1.82) is 0 Å². The van der Waals surface area contributed by atoms with Crippen LogP contribution < -0.4 is 10.6 Å². The number of nitrogens with one attached hydrogen (secondary N) is 2. The van der Waals surface area contributed by atoms with Crippen molar-refractivity contribution in [2.24, 2.45) is 5.92 Å². The summed E-state index contributed by atoms with van der Waals surface area (Å²) >= 11 is 0. The van der Waals surface area contributed by atoms with Gasteiger partial charge in [0.05, 0.1) is 12.1 Å². The zero-order chi connectivity index (χ0) is 18.3. The number of amides is 2. The Morgan fingerprint density at radius 3 is 2.04 bits per heavy atom. The minimum Gasteiger partial charge on any atom is -0.447 e. The van der Waals surface area contributed by atoms with Gasteiger partial charge < -0.3 is 15.4 Å². The van der Waals surface area contributed by atoms with Gasteiger partial charge in [0.1, 0.15) is 6.04 Å². The molecule has 0 saturated carbocycles. The summed E-state index contributed by atoms with van der Waals surface area (Å²) in [7, 11) is 0. The Bertz CT molecular complexity index is 538. The molecule has 24 heavy (non-hydrogen) atoms. The third-order valence-electron chi connectivity index (χ3n) is 3.81. The monoisotopic (exact) mass is 334 g/mol. The van der Waals surface area contributed by atoms with Crippen LogP contribution in [0.4, 0.5) is 4.79 Å². The molecule has 2 atom stereocenters. The molecule has 0 aliphatic heterocycles. The Labute approximate surface area is 145 Å². The van der Waals surface area contributed by atoms with E-state index in [-0.39, 0.29) is 24.0 Å².